The zero-order valence-corrected chi connectivity index (χ0v) is 54.4. The van der Waals surface area contributed by atoms with Crippen molar-refractivity contribution < 1.29 is 0 Å². The molecule has 0 spiro atoms. The van der Waals surface area contributed by atoms with Gasteiger partial charge in [-0.3, -0.25) is 0 Å². The Morgan fingerprint density at radius 1 is 0.225 bits per heavy atom. The quantitative estimate of drug-likeness (QED) is 0.141. The summed E-state index contributed by atoms with van der Waals surface area (Å²) in [5.74, 6) is 0. The standard InChI is InChI=1S/C85H82N4/c1-81(2,3)58-44-55(45-59(48-58)82(4,5)6)56-46-60(83(7,8)9)50-67(47-56)86(66-40-42-73-71-30-20-22-32-75(71)87(80(73)54-66)63-26-16-15-17-27-63)64-38-36-57(37-39-64)85(13,14)62-49-61(84(10,11)12)51-68(52-62)89-78-35-25-21-31-72(78)74-53-65(41-43-79(74)89)88-76-33-23-18-28-69(76)70-29-19-24-34-77(70)88/h15-54H,1-14H3. The van der Waals surface area contributed by atoms with Crippen LogP contribution < -0.4 is 4.90 Å². The molecule has 0 aliphatic rings. The first-order valence-electron chi connectivity index (χ1n) is 31.9. The van der Waals surface area contributed by atoms with Crippen molar-refractivity contribution >= 4 is 82.5 Å². The number of hydrogen-bond donors (Lipinski definition) is 0. The van der Waals surface area contributed by atoms with Gasteiger partial charge in [0.05, 0.1) is 33.1 Å². The van der Waals surface area contributed by atoms with E-state index in [-0.39, 0.29) is 27.1 Å². The number of hydrogen-bond acceptors (Lipinski definition) is 1. The zero-order chi connectivity index (χ0) is 62.1. The minimum atomic E-state index is -0.389. The predicted octanol–water partition coefficient (Wildman–Crippen LogP) is 23.6. The Morgan fingerprint density at radius 2 is 0.618 bits per heavy atom. The van der Waals surface area contributed by atoms with E-state index in [0.717, 1.165) is 28.4 Å². The number of rotatable bonds is 9. The molecular weight excluding hydrogens is 1080 g/mol. The molecule has 0 bridgehead atoms. The molecule has 0 atom stereocenters. The molecule has 89 heavy (non-hydrogen) atoms. The minimum Gasteiger partial charge on any atom is -0.310 e. The molecule has 0 amide bonds. The largest absolute Gasteiger partial charge is 0.310 e. The molecule has 0 aliphatic carbocycles. The highest BCUT2D eigenvalue weighted by Gasteiger charge is 2.30. The van der Waals surface area contributed by atoms with E-state index >= 15 is 0 Å². The summed E-state index contributed by atoms with van der Waals surface area (Å²) in [6.45, 7) is 32.9. The van der Waals surface area contributed by atoms with Crippen LogP contribution in [-0.2, 0) is 27.1 Å². The van der Waals surface area contributed by atoms with Gasteiger partial charge in [0, 0.05) is 71.9 Å². The molecule has 11 aromatic carbocycles. The fourth-order valence-corrected chi connectivity index (χ4v) is 13.7. The summed E-state index contributed by atoms with van der Waals surface area (Å²) in [7, 11) is 0. The monoisotopic (exact) mass is 1160 g/mol. The smallest absolute Gasteiger partial charge is 0.0561 e. The van der Waals surface area contributed by atoms with E-state index < -0.39 is 0 Å². The first-order chi connectivity index (χ1) is 42.4. The van der Waals surface area contributed by atoms with Crippen molar-refractivity contribution in [3.63, 3.8) is 0 Å². The highest BCUT2D eigenvalue weighted by molar-refractivity contribution is 6.13. The second-order valence-corrected chi connectivity index (χ2v) is 29.7. The van der Waals surface area contributed by atoms with E-state index in [0.29, 0.717) is 0 Å². The van der Waals surface area contributed by atoms with E-state index in [1.165, 1.54) is 116 Å². The van der Waals surface area contributed by atoms with Crippen molar-refractivity contribution in [2.75, 3.05) is 4.90 Å². The Hall–Kier alpha value is -9.38. The lowest BCUT2D eigenvalue weighted by molar-refractivity contribution is 0.569. The molecule has 442 valence electrons. The lowest BCUT2D eigenvalue weighted by Crippen LogP contribution is -2.22. The molecule has 0 saturated carbocycles. The number of aromatic nitrogens is 3. The van der Waals surface area contributed by atoms with E-state index in [1.807, 2.05) is 0 Å². The molecule has 14 rings (SSSR count). The van der Waals surface area contributed by atoms with Gasteiger partial charge in [0.1, 0.15) is 0 Å². The molecule has 0 unspecified atom stereocenters. The third kappa shape index (κ3) is 10.0. The van der Waals surface area contributed by atoms with Gasteiger partial charge < -0.3 is 18.6 Å². The number of anilines is 3. The lowest BCUT2D eigenvalue weighted by atomic mass is 9.75. The summed E-state index contributed by atoms with van der Waals surface area (Å²) in [5.41, 5.74) is 23.5. The van der Waals surface area contributed by atoms with Gasteiger partial charge in [-0.05, 0) is 169 Å². The molecule has 0 aliphatic heterocycles. The van der Waals surface area contributed by atoms with E-state index in [1.54, 1.807) is 0 Å². The van der Waals surface area contributed by atoms with Gasteiger partial charge >= 0.3 is 0 Å². The molecular formula is C85H82N4. The normalized spacial score (nSPS) is 12.8. The van der Waals surface area contributed by atoms with Crippen LogP contribution >= 0.6 is 0 Å². The van der Waals surface area contributed by atoms with Gasteiger partial charge in [0.15, 0.2) is 0 Å². The molecule has 0 fully saturated rings. The molecule has 0 saturated heterocycles. The van der Waals surface area contributed by atoms with E-state index in [9.17, 15) is 0 Å². The highest BCUT2D eigenvalue weighted by atomic mass is 15.1. The van der Waals surface area contributed by atoms with Crippen molar-refractivity contribution in [3.8, 4) is 28.2 Å². The maximum absolute atomic E-state index is 2.51. The second kappa shape index (κ2) is 20.9. The Bertz CT molecular complexity index is 4980. The lowest BCUT2D eigenvalue weighted by Gasteiger charge is -2.32. The van der Waals surface area contributed by atoms with Crippen molar-refractivity contribution in [2.24, 2.45) is 0 Å². The molecule has 3 aromatic heterocycles. The first-order valence-corrected chi connectivity index (χ1v) is 31.9. The minimum absolute atomic E-state index is 0.0320. The third-order valence-corrected chi connectivity index (χ3v) is 19.1. The summed E-state index contributed by atoms with van der Waals surface area (Å²) in [4.78, 5) is 2.51. The third-order valence-electron chi connectivity index (χ3n) is 19.1. The average molecular weight is 1160 g/mol. The van der Waals surface area contributed by atoms with Crippen LogP contribution in [0.25, 0.3) is 93.6 Å². The zero-order valence-electron chi connectivity index (χ0n) is 54.4. The Morgan fingerprint density at radius 3 is 1.15 bits per heavy atom. The highest BCUT2D eigenvalue weighted by Crippen LogP contribution is 2.46. The molecule has 0 N–H and O–H groups in total. The Labute approximate surface area is 526 Å². The number of para-hydroxylation sites is 5. The van der Waals surface area contributed by atoms with Gasteiger partial charge in [-0.1, -0.05) is 236 Å². The van der Waals surface area contributed by atoms with Gasteiger partial charge in [-0.2, -0.15) is 0 Å². The first kappa shape index (κ1) is 57.4. The molecule has 0 radical (unpaired) electrons. The number of nitrogens with zero attached hydrogens (tertiary/aromatic N) is 4. The Kier molecular flexibility index (Phi) is 13.5. The summed E-state index contributed by atoms with van der Waals surface area (Å²) in [5, 5.41) is 7.46. The SMILES string of the molecule is CC(C)(C)c1cc(-c2cc(C(C)(C)C)cc(C(C)(C)C)c2)cc(N(c2ccc(C(C)(C)c3cc(-n4c5ccccc5c5cc(-n6c7ccccc7c7ccccc76)ccc54)cc(C(C)(C)C)c3)cc2)c2ccc3c4ccccc4n(-c4ccccc4)c3c2)c1. The van der Waals surface area contributed by atoms with Crippen LogP contribution in [0.4, 0.5) is 17.1 Å². The van der Waals surface area contributed by atoms with Gasteiger partial charge in [0.2, 0.25) is 0 Å². The van der Waals surface area contributed by atoms with Crippen molar-refractivity contribution in [1.29, 1.82) is 0 Å². The fourth-order valence-electron chi connectivity index (χ4n) is 13.7. The average Bonchev–Trinajstić information content (AvgIpc) is 1.84. The van der Waals surface area contributed by atoms with Crippen LogP contribution in [0.1, 0.15) is 130 Å². The summed E-state index contributed by atoms with van der Waals surface area (Å²) in [6.07, 6.45) is 0. The summed E-state index contributed by atoms with van der Waals surface area (Å²) >= 11 is 0. The van der Waals surface area contributed by atoms with Crippen LogP contribution in [0.5, 0.6) is 0 Å². The maximum Gasteiger partial charge on any atom is 0.0561 e. The molecule has 4 heteroatoms. The summed E-state index contributed by atoms with van der Waals surface area (Å²) in [6, 6.07) is 91.9. The Balaban J connectivity index is 0.932. The van der Waals surface area contributed by atoms with E-state index in [4.69, 9.17) is 0 Å². The van der Waals surface area contributed by atoms with Crippen molar-refractivity contribution in [2.45, 2.75) is 124 Å². The number of benzene rings is 11. The van der Waals surface area contributed by atoms with Gasteiger partial charge in [-0.15, -0.1) is 0 Å². The van der Waals surface area contributed by atoms with Crippen LogP contribution in [0.3, 0.4) is 0 Å². The van der Waals surface area contributed by atoms with Crippen molar-refractivity contribution in [1.82, 2.24) is 13.7 Å². The van der Waals surface area contributed by atoms with Crippen LogP contribution in [-0.4, -0.2) is 13.7 Å². The van der Waals surface area contributed by atoms with Crippen LogP contribution in [0.2, 0.25) is 0 Å². The van der Waals surface area contributed by atoms with Gasteiger partial charge in [0.25, 0.3) is 0 Å². The summed E-state index contributed by atoms with van der Waals surface area (Å²) < 4.78 is 7.37. The van der Waals surface area contributed by atoms with Crippen LogP contribution in [0, 0.1) is 0 Å². The van der Waals surface area contributed by atoms with E-state index in [2.05, 4.69) is 358 Å². The molecule has 4 nitrogen and oxygen atoms in total. The van der Waals surface area contributed by atoms with Crippen molar-refractivity contribution in [3.05, 3.63) is 276 Å². The second-order valence-electron chi connectivity index (χ2n) is 29.7. The number of fused-ring (bicyclic) bond motifs is 9. The molecule has 14 aromatic rings. The fraction of sp³-hybridized carbons (Fsp3) is 0.224. The van der Waals surface area contributed by atoms with Gasteiger partial charge in [-0.25, -0.2) is 0 Å². The maximum atomic E-state index is 2.51. The van der Waals surface area contributed by atoms with Crippen LogP contribution in [0.15, 0.2) is 243 Å². The predicted molar refractivity (Wildman–Crippen MR) is 383 cm³/mol. The topological polar surface area (TPSA) is 18.0 Å². The molecule has 3 heterocycles.